The number of carbonyl (C=O) groups excluding carboxylic acids is 1. The number of amides is 1. The Bertz CT molecular complexity index is 1140. The summed E-state index contributed by atoms with van der Waals surface area (Å²) in [4.78, 5) is 28.2. The second-order valence-corrected chi connectivity index (χ2v) is 8.66. The standard InChI is InChI=1S/C26H34N4O3/c1-3-14-29-22-11-4-5-12-23(22)30(26(29)32)17-13-25(31)27-19-24(28-15-6-7-16-28)20-9-8-10-21(18-20)33-2/h4-5,8-12,18,24H,3,6-7,13-17,19H2,1-2H3,(H,27,31). The molecular formula is C26H34N4O3. The van der Waals surface area contributed by atoms with Gasteiger partial charge >= 0.3 is 5.69 Å². The first kappa shape index (κ1) is 23.1. The van der Waals surface area contributed by atoms with Gasteiger partial charge in [0, 0.05) is 26.1 Å². The third kappa shape index (κ3) is 5.14. The molecule has 1 unspecified atom stereocenters. The molecule has 3 aromatic rings. The molecule has 1 amide bonds. The van der Waals surface area contributed by atoms with Crippen molar-refractivity contribution >= 4 is 16.9 Å². The van der Waals surface area contributed by atoms with Gasteiger partial charge in [-0.2, -0.15) is 0 Å². The maximum Gasteiger partial charge on any atom is 0.329 e. The highest BCUT2D eigenvalue weighted by atomic mass is 16.5. The zero-order valence-electron chi connectivity index (χ0n) is 19.6. The number of imidazole rings is 1. The van der Waals surface area contributed by atoms with E-state index in [4.69, 9.17) is 4.74 Å². The molecule has 0 aliphatic carbocycles. The monoisotopic (exact) mass is 450 g/mol. The summed E-state index contributed by atoms with van der Waals surface area (Å²) in [7, 11) is 1.67. The van der Waals surface area contributed by atoms with Gasteiger partial charge in [-0.3, -0.25) is 18.8 Å². The molecule has 1 saturated heterocycles. The van der Waals surface area contributed by atoms with Crippen LogP contribution in [0.3, 0.4) is 0 Å². The molecule has 4 rings (SSSR count). The lowest BCUT2D eigenvalue weighted by Crippen LogP contribution is -2.37. The molecule has 1 fully saturated rings. The molecule has 2 aromatic carbocycles. The van der Waals surface area contributed by atoms with Crippen LogP contribution in [-0.2, 0) is 17.9 Å². The summed E-state index contributed by atoms with van der Waals surface area (Å²) in [6.45, 7) is 5.71. The van der Waals surface area contributed by atoms with Crippen molar-refractivity contribution in [2.75, 3.05) is 26.7 Å². The van der Waals surface area contributed by atoms with Crippen LogP contribution in [0.5, 0.6) is 5.75 Å². The number of para-hydroxylation sites is 2. The molecule has 7 heteroatoms. The van der Waals surface area contributed by atoms with Crippen molar-refractivity contribution in [3.8, 4) is 5.75 Å². The van der Waals surface area contributed by atoms with Gasteiger partial charge < -0.3 is 10.1 Å². The van der Waals surface area contributed by atoms with E-state index in [2.05, 4.69) is 29.3 Å². The number of methoxy groups -OCH3 is 1. The number of aryl methyl sites for hydroxylation is 2. The van der Waals surface area contributed by atoms with Gasteiger partial charge in [0.1, 0.15) is 5.75 Å². The first-order valence-corrected chi connectivity index (χ1v) is 11.9. The lowest BCUT2D eigenvalue weighted by molar-refractivity contribution is -0.121. The Morgan fingerprint density at radius 3 is 2.39 bits per heavy atom. The van der Waals surface area contributed by atoms with Crippen molar-refractivity contribution in [3.63, 3.8) is 0 Å². The molecule has 2 heterocycles. The molecular weight excluding hydrogens is 416 g/mol. The van der Waals surface area contributed by atoms with E-state index in [0.717, 1.165) is 41.9 Å². The molecule has 1 aromatic heterocycles. The minimum absolute atomic E-state index is 0.0404. The molecule has 0 saturated carbocycles. The fourth-order valence-corrected chi connectivity index (χ4v) is 4.80. The first-order chi connectivity index (χ1) is 16.1. The minimum Gasteiger partial charge on any atom is -0.497 e. The normalized spacial score (nSPS) is 15.1. The minimum atomic E-state index is -0.0443. The molecule has 1 aliphatic heterocycles. The van der Waals surface area contributed by atoms with Crippen LogP contribution in [-0.4, -0.2) is 46.7 Å². The Kier molecular flexibility index (Phi) is 7.50. The number of likely N-dealkylation sites (tertiary alicyclic amines) is 1. The van der Waals surface area contributed by atoms with Crippen LogP contribution < -0.4 is 15.7 Å². The molecule has 33 heavy (non-hydrogen) atoms. The first-order valence-electron chi connectivity index (χ1n) is 11.9. The van der Waals surface area contributed by atoms with Crippen molar-refractivity contribution in [1.29, 1.82) is 0 Å². The molecule has 1 atom stereocenters. The van der Waals surface area contributed by atoms with Crippen LogP contribution >= 0.6 is 0 Å². The molecule has 0 radical (unpaired) electrons. The third-order valence-electron chi connectivity index (χ3n) is 6.49. The molecule has 7 nitrogen and oxygen atoms in total. The van der Waals surface area contributed by atoms with Gasteiger partial charge in [-0.25, -0.2) is 4.79 Å². The summed E-state index contributed by atoms with van der Waals surface area (Å²) in [5.41, 5.74) is 2.92. The second-order valence-electron chi connectivity index (χ2n) is 8.66. The van der Waals surface area contributed by atoms with Crippen LogP contribution in [0.4, 0.5) is 0 Å². The van der Waals surface area contributed by atoms with Crippen molar-refractivity contribution in [2.24, 2.45) is 0 Å². The van der Waals surface area contributed by atoms with Crippen LogP contribution in [0, 0.1) is 0 Å². The fraction of sp³-hybridized carbons (Fsp3) is 0.462. The SMILES string of the molecule is CCCn1c(=O)n(CCC(=O)NCC(c2cccc(OC)c2)N2CCCC2)c2ccccc21. The average Bonchev–Trinajstić information content (AvgIpc) is 3.46. The second kappa shape index (κ2) is 10.7. The zero-order chi connectivity index (χ0) is 23.2. The number of nitrogens with one attached hydrogen (secondary N) is 1. The summed E-state index contributed by atoms with van der Waals surface area (Å²) in [6.07, 6.45) is 3.51. The van der Waals surface area contributed by atoms with Gasteiger partial charge in [0.25, 0.3) is 0 Å². The van der Waals surface area contributed by atoms with Gasteiger partial charge in [0.05, 0.1) is 24.2 Å². The summed E-state index contributed by atoms with van der Waals surface area (Å²) >= 11 is 0. The smallest absolute Gasteiger partial charge is 0.329 e. The summed E-state index contributed by atoms with van der Waals surface area (Å²) < 4.78 is 8.94. The molecule has 0 spiro atoms. The van der Waals surface area contributed by atoms with Crippen molar-refractivity contribution in [3.05, 3.63) is 64.6 Å². The molecule has 0 bridgehead atoms. The van der Waals surface area contributed by atoms with Crippen LogP contribution in [0.2, 0.25) is 0 Å². The van der Waals surface area contributed by atoms with Crippen molar-refractivity contribution in [2.45, 2.75) is 51.7 Å². The van der Waals surface area contributed by atoms with E-state index in [9.17, 15) is 9.59 Å². The van der Waals surface area contributed by atoms with Gasteiger partial charge in [-0.1, -0.05) is 31.2 Å². The maximum absolute atomic E-state index is 13.0. The highest BCUT2D eigenvalue weighted by molar-refractivity contribution is 5.78. The summed E-state index contributed by atoms with van der Waals surface area (Å²) in [5.74, 6) is 0.784. The predicted octanol–water partition coefficient (Wildman–Crippen LogP) is 3.57. The van der Waals surface area contributed by atoms with Gasteiger partial charge in [0.2, 0.25) is 5.91 Å². The van der Waals surface area contributed by atoms with E-state index in [1.54, 1.807) is 16.2 Å². The maximum atomic E-state index is 13.0. The topological polar surface area (TPSA) is 68.5 Å². The largest absolute Gasteiger partial charge is 0.497 e. The van der Waals surface area contributed by atoms with Crippen molar-refractivity contribution < 1.29 is 9.53 Å². The Labute approximate surface area is 195 Å². The number of rotatable bonds is 10. The van der Waals surface area contributed by atoms with E-state index < -0.39 is 0 Å². The van der Waals surface area contributed by atoms with Crippen LogP contribution in [0.25, 0.3) is 11.0 Å². The van der Waals surface area contributed by atoms with Gasteiger partial charge in [-0.15, -0.1) is 0 Å². The number of aromatic nitrogens is 2. The lowest BCUT2D eigenvalue weighted by Gasteiger charge is -2.28. The number of hydrogen-bond acceptors (Lipinski definition) is 4. The number of benzene rings is 2. The van der Waals surface area contributed by atoms with E-state index in [1.165, 1.54) is 12.8 Å². The lowest BCUT2D eigenvalue weighted by atomic mass is 10.0. The zero-order valence-corrected chi connectivity index (χ0v) is 19.6. The number of fused-ring (bicyclic) bond motifs is 1. The molecule has 176 valence electrons. The van der Waals surface area contributed by atoms with Crippen LogP contribution in [0.1, 0.15) is 44.2 Å². The predicted molar refractivity (Wildman–Crippen MR) is 131 cm³/mol. The number of ether oxygens (including phenoxy) is 1. The van der Waals surface area contributed by atoms with E-state index >= 15 is 0 Å². The Morgan fingerprint density at radius 2 is 1.73 bits per heavy atom. The van der Waals surface area contributed by atoms with Gasteiger partial charge in [-0.05, 0) is 62.2 Å². The third-order valence-corrected chi connectivity index (χ3v) is 6.49. The van der Waals surface area contributed by atoms with E-state index in [-0.39, 0.29) is 24.1 Å². The highest BCUT2D eigenvalue weighted by Gasteiger charge is 2.24. The number of nitrogens with zero attached hydrogens (tertiary/aromatic N) is 3. The van der Waals surface area contributed by atoms with Gasteiger partial charge in [0.15, 0.2) is 0 Å². The Balaban J connectivity index is 1.44. The summed E-state index contributed by atoms with van der Waals surface area (Å²) in [6, 6.07) is 16.0. The summed E-state index contributed by atoms with van der Waals surface area (Å²) in [5, 5.41) is 3.12. The Morgan fingerprint density at radius 1 is 1.03 bits per heavy atom. The van der Waals surface area contributed by atoms with Crippen LogP contribution in [0.15, 0.2) is 53.3 Å². The van der Waals surface area contributed by atoms with Crippen molar-refractivity contribution in [1.82, 2.24) is 19.4 Å². The molecule has 1 N–H and O–H groups in total. The number of hydrogen-bond donors (Lipinski definition) is 1. The quantitative estimate of drug-likeness (QED) is 0.513. The highest BCUT2D eigenvalue weighted by Crippen LogP contribution is 2.27. The average molecular weight is 451 g/mol. The Hall–Kier alpha value is -3.06. The van der Waals surface area contributed by atoms with E-state index in [1.807, 2.05) is 36.4 Å². The molecule has 1 aliphatic rings. The van der Waals surface area contributed by atoms with E-state index in [0.29, 0.717) is 19.6 Å². The fourth-order valence-electron chi connectivity index (χ4n) is 4.80. The number of carbonyl (C=O) groups is 1.